The van der Waals surface area contributed by atoms with Gasteiger partial charge in [-0.3, -0.25) is 4.79 Å². The van der Waals surface area contributed by atoms with Crippen LogP contribution in [0.3, 0.4) is 0 Å². The van der Waals surface area contributed by atoms with Crippen molar-refractivity contribution < 1.29 is 9.36 Å². The number of nitrogens with two attached hydrogens (primary N) is 1. The average molecular weight is 297 g/mol. The molecule has 2 rings (SSSR count). The minimum absolute atomic E-state index is 0.435. The molecule has 112 valence electrons. The van der Waals surface area contributed by atoms with Crippen molar-refractivity contribution in [2.24, 2.45) is 10.9 Å². The molecule has 22 heavy (non-hydrogen) atoms. The predicted octanol–water partition coefficient (Wildman–Crippen LogP) is 1.62. The van der Waals surface area contributed by atoms with Crippen LogP contribution in [0.2, 0.25) is 0 Å². The molecule has 0 saturated heterocycles. The van der Waals surface area contributed by atoms with Crippen LogP contribution in [-0.4, -0.2) is 17.4 Å². The lowest BCUT2D eigenvalue weighted by atomic mass is 10.2. The van der Waals surface area contributed by atoms with E-state index in [4.69, 9.17) is 5.73 Å². The summed E-state index contributed by atoms with van der Waals surface area (Å²) in [7, 11) is 0. The van der Waals surface area contributed by atoms with Crippen LogP contribution in [-0.2, 0) is 6.54 Å². The highest BCUT2D eigenvalue weighted by molar-refractivity contribution is 5.92. The Morgan fingerprint density at radius 1 is 1.32 bits per heavy atom. The lowest BCUT2D eigenvalue weighted by molar-refractivity contribution is -0.687. The molecule has 2 N–H and O–H groups in total. The predicted molar refractivity (Wildman–Crippen MR) is 83.2 cm³/mol. The normalized spacial score (nSPS) is 13.6. The van der Waals surface area contributed by atoms with E-state index in [2.05, 4.69) is 5.18 Å². The Bertz CT molecular complexity index is 658. The van der Waals surface area contributed by atoms with Crippen LogP contribution < -0.4 is 10.3 Å². The summed E-state index contributed by atoms with van der Waals surface area (Å²) >= 11 is 0. The Morgan fingerprint density at radius 2 is 2.09 bits per heavy atom. The maximum absolute atomic E-state index is 11.1. The summed E-state index contributed by atoms with van der Waals surface area (Å²) in [6, 6.07) is 3.48. The van der Waals surface area contributed by atoms with E-state index in [1.165, 1.54) is 6.20 Å². The third-order valence-electron chi connectivity index (χ3n) is 3.06. The maximum Gasteiger partial charge on any atom is 0.254 e. The molecule has 6 nitrogen and oxygen atoms in total. The molecule has 1 aliphatic heterocycles. The zero-order chi connectivity index (χ0) is 15.8. The Balaban J connectivity index is 1.84. The van der Waals surface area contributed by atoms with Crippen molar-refractivity contribution >= 4 is 5.91 Å². The van der Waals surface area contributed by atoms with E-state index in [0.717, 1.165) is 5.57 Å². The molecule has 2 heterocycles. The number of nitrogens with zero attached hydrogens (tertiary/aromatic N) is 3. The molecule has 0 aromatic carbocycles. The third-order valence-corrected chi connectivity index (χ3v) is 3.06. The minimum atomic E-state index is -0.435. The fraction of sp³-hybridized carbons (Fsp3) is 0.125. The highest BCUT2D eigenvalue weighted by Crippen LogP contribution is 2.09. The van der Waals surface area contributed by atoms with Gasteiger partial charge in [0.05, 0.1) is 6.20 Å². The summed E-state index contributed by atoms with van der Waals surface area (Å²) in [6.45, 7) is 1.37. The van der Waals surface area contributed by atoms with Crippen molar-refractivity contribution in [3.63, 3.8) is 0 Å². The monoisotopic (exact) mass is 297 g/mol. The first-order valence-electron chi connectivity index (χ1n) is 6.78. The van der Waals surface area contributed by atoms with Gasteiger partial charge >= 0.3 is 0 Å². The summed E-state index contributed by atoms with van der Waals surface area (Å²) in [6.07, 6.45) is 16.3. The molecule has 0 bridgehead atoms. The van der Waals surface area contributed by atoms with Gasteiger partial charge in [-0.1, -0.05) is 6.08 Å². The zero-order valence-electron chi connectivity index (χ0n) is 12.0. The van der Waals surface area contributed by atoms with Gasteiger partial charge in [0.1, 0.15) is 5.56 Å². The lowest BCUT2D eigenvalue weighted by Gasteiger charge is -2.15. The van der Waals surface area contributed by atoms with Gasteiger partial charge in [-0.25, -0.2) is 4.57 Å². The number of allylic oxidation sites excluding steroid dienone is 4. The second-order valence-electron chi connectivity index (χ2n) is 4.69. The second-order valence-corrected chi connectivity index (χ2v) is 4.69. The lowest BCUT2D eigenvalue weighted by Crippen LogP contribution is -2.33. The van der Waals surface area contributed by atoms with Gasteiger partial charge in [0, 0.05) is 25.0 Å². The Morgan fingerprint density at radius 3 is 2.77 bits per heavy atom. The summed E-state index contributed by atoms with van der Waals surface area (Å²) < 4.78 is 1.88. The van der Waals surface area contributed by atoms with Crippen molar-refractivity contribution in [2.45, 2.75) is 6.54 Å². The highest BCUT2D eigenvalue weighted by atomic mass is 16.2. The van der Waals surface area contributed by atoms with Gasteiger partial charge in [-0.15, -0.1) is 4.91 Å². The van der Waals surface area contributed by atoms with Crippen LogP contribution in [0.4, 0.5) is 0 Å². The first-order chi connectivity index (χ1) is 10.7. The number of hydrogen-bond donors (Lipinski definition) is 1. The van der Waals surface area contributed by atoms with E-state index in [9.17, 15) is 9.70 Å². The summed E-state index contributed by atoms with van der Waals surface area (Å²) in [5.74, 6) is -0.435. The number of pyridine rings is 1. The Hall–Kier alpha value is -3.02. The Labute approximate surface area is 128 Å². The molecule has 0 aliphatic carbocycles. The Kier molecular flexibility index (Phi) is 5.37. The number of carbonyl (C=O) groups excluding carboxylic acids is 1. The van der Waals surface area contributed by atoms with Crippen molar-refractivity contribution in [2.75, 3.05) is 6.54 Å². The van der Waals surface area contributed by atoms with E-state index in [1.54, 1.807) is 18.3 Å². The maximum atomic E-state index is 11.1. The van der Waals surface area contributed by atoms with Gasteiger partial charge in [-0.05, 0) is 35.0 Å². The van der Waals surface area contributed by atoms with E-state index < -0.39 is 5.91 Å². The van der Waals surface area contributed by atoms with E-state index in [1.807, 2.05) is 52.4 Å². The molecule has 0 radical (unpaired) electrons. The largest absolute Gasteiger partial charge is 0.365 e. The quantitative estimate of drug-likeness (QED) is 0.492. The molecular weight excluding hydrogens is 280 g/mol. The molecule has 0 saturated carbocycles. The van der Waals surface area contributed by atoms with Crippen molar-refractivity contribution in [3.8, 4) is 0 Å². The average Bonchev–Trinajstić information content (AvgIpc) is 2.54. The van der Waals surface area contributed by atoms with Crippen LogP contribution >= 0.6 is 0 Å². The number of hydrogen-bond acceptors (Lipinski definition) is 4. The van der Waals surface area contributed by atoms with Gasteiger partial charge in [0.25, 0.3) is 5.91 Å². The van der Waals surface area contributed by atoms with Crippen LogP contribution in [0.15, 0.2) is 78.2 Å². The fourth-order valence-electron chi connectivity index (χ4n) is 1.91. The molecule has 1 aromatic heterocycles. The van der Waals surface area contributed by atoms with Crippen LogP contribution in [0.1, 0.15) is 10.4 Å². The van der Waals surface area contributed by atoms with Gasteiger partial charge in [0.2, 0.25) is 0 Å². The van der Waals surface area contributed by atoms with Crippen molar-refractivity contribution in [3.05, 3.63) is 83.5 Å². The van der Waals surface area contributed by atoms with E-state index in [-0.39, 0.29) is 0 Å². The van der Waals surface area contributed by atoms with Crippen molar-refractivity contribution in [1.82, 2.24) is 4.90 Å². The third kappa shape index (κ3) is 4.52. The number of primary amides is 1. The summed E-state index contributed by atoms with van der Waals surface area (Å²) in [5, 5.41) is 2.73. The second kappa shape index (κ2) is 7.68. The molecule has 1 aliphatic rings. The molecule has 0 fully saturated rings. The number of rotatable bonds is 6. The molecule has 1 aromatic rings. The van der Waals surface area contributed by atoms with Crippen LogP contribution in [0.5, 0.6) is 0 Å². The smallest absolute Gasteiger partial charge is 0.254 e. The molecule has 0 atom stereocenters. The van der Waals surface area contributed by atoms with Gasteiger partial charge < -0.3 is 10.6 Å². The molecular formula is C16H17N4O2+. The number of carbonyl (C=O) groups is 1. The van der Waals surface area contributed by atoms with Gasteiger partial charge in [-0.2, -0.15) is 0 Å². The van der Waals surface area contributed by atoms with Crippen LogP contribution in [0.25, 0.3) is 0 Å². The summed E-state index contributed by atoms with van der Waals surface area (Å²) in [5.41, 5.74) is 6.50. The topological polar surface area (TPSA) is 79.6 Å². The highest BCUT2D eigenvalue weighted by Gasteiger charge is 2.05. The van der Waals surface area contributed by atoms with E-state index in [0.29, 0.717) is 18.7 Å². The minimum Gasteiger partial charge on any atom is -0.365 e. The molecule has 1 amide bonds. The summed E-state index contributed by atoms with van der Waals surface area (Å²) in [4.78, 5) is 23.2. The van der Waals surface area contributed by atoms with Crippen molar-refractivity contribution in [1.29, 1.82) is 0 Å². The fourth-order valence-corrected chi connectivity index (χ4v) is 1.91. The zero-order valence-corrected chi connectivity index (χ0v) is 12.0. The first-order valence-corrected chi connectivity index (χ1v) is 6.78. The molecule has 6 heteroatoms. The molecule has 0 spiro atoms. The number of aromatic nitrogens is 1. The first kappa shape index (κ1) is 15.4. The number of amides is 1. The van der Waals surface area contributed by atoms with E-state index >= 15 is 0 Å². The molecule has 0 unspecified atom stereocenters. The standard InChI is InChI=1S/C16H16N4O2/c17-16(21)15-4-3-9-20(13-15)8-2-1-7-19-10-5-14(6-11-19)12-18-22/h1-6,9-13H,7-8H2,(H-,17,21)/p+1/b2-1+. The number of nitroso groups, excluding NO2 is 1. The SMILES string of the molecule is NC(=O)c1ccc[n+](C/C=C/CN2C=CC(=CN=O)C=C2)c1. The van der Waals surface area contributed by atoms with Crippen LogP contribution in [0, 0.1) is 4.91 Å². The van der Waals surface area contributed by atoms with Gasteiger partial charge in [0.15, 0.2) is 18.9 Å².